The SMILES string of the molecule is CC(=O)c1ccc(N2CCN(C(=S)NC(C)C)CC2)cc1. The van der Waals surface area contributed by atoms with Gasteiger partial charge in [0, 0.05) is 43.5 Å². The number of ketones is 1. The van der Waals surface area contributed by atoms with Crippen LogP contribution < -0.4 is 10.2 Å². The van der Waals surface area contributed by atoms with Crippen molar-refractivity contribution in [2.75, 3.05) is 31.1 Å². The van der Waals surface area contributed by atoms with Crippen LogP contribution in [0.1, 0.15) is 31.1 Å². The summed E-state index contributed by atoms with van der Waals surface area (Å²) < 4.78 is 0. The number of anilines is 1. The molecule has 0 bridgehead atoms. The van der Waals surface area contributed by atoms with Crippen molar-refractivity contribution in [3.05, 3.63) is 29.8 Å². The van der Waals surface area contributed by atoms with Crippen LogP contribution in [0.2, 0.25) is 0 Å². The van der Waals surface area contributed by atoms with Crippen molar-refractivity contribution in [2.45, 2.75) is 26.8 Å². The standard InChI is InChI=1S/C16H23N3OS/c1-12(2)17-16(21)19-10-8-18(9-11-19)15-6-4-14(5-7-15)13(3)20/h4-7,12H,8-11H2,1-3H3,(H,17,21). The van der Waals surface area contributed by atoms with Crippen molar-refractivity contribution in [1.82, 2.24) is 10.2 Å². The Bertz CT molecular complexity index is 505. The average molecular weight is 305 g/mol. The Balaban J connectivity index is 1.91. The summed E-state index contributed by atoms with van der Waals surface area (Å²) in [5, 5.41) is 4.13. The number of thiocarbonyl (C=S) groups is 1. The van der Waals surface area contributed by atoms with Crippen LogP contribution in [0.3, 0.4) is 0 Å². The first kappa shape index (κ1) is 15.8. The van der Waals surface area contributed by atoms with E-state index >= 15 is 0 Å². The number of nitrogens with one attached hydrogen (secondary N) is 1. The van der Waals surface area contributed by atoms with E-state index < -0.39 is 0 Å². The van der Waals surface area contributed by atoms with Gasteiger partial charge in [0.05, 0.1) is 0 Å². The molecule has 0 spiro atoms. The molecule has 0 amide bonds. The molecule has 1 saturated heterocycles. The maximum atomic E-state index is 11.3. The van der Waals surface area contributed by atoms with E-state index in [0.29, 0.717) is 6.04 Å². The van der Waals surface area contributed by atoms with Gasteiger partial charge in [0.15, 0.2) is 10.9 Å². The fourth-order valence-corrected chi connectivity index (χ4v) is 2.83. The first-order valence-electron chi connectivity index (χ1n) is 7.39. The van der Waals surface area contributed by atoms with Gasteiger partial charge in [-0.15, -0.1) is 0 Å². The summed E-state index contributed by atoms with van der Waals surface area (Å²) in [6, 6.07) is 8.22. The monoisotopic (exact) mass is 305 g/mol. The molecule has 1 aliphatic heterocycles. The van der Waals surface area contributed by atoms with Gasteiger partial charge in [0.1, 0.15) is 0 Å². The van der Waals surface area contributed by atoms with Crippen LogP contribution >= 0.6 is 12.2 Å². The molecule has 0 saturated carbocycles. The lowest BCUT2D eigenvalue weighted by atomic mass is 10.1. The molecule has 0 atom stereocenters. The first-order valence-corrected chi connectivity index (χ1v) is 7.79. The van der Waals surface area contributed by atoms with E-state index in [1.807, 2.05) is 24.3 Å². The minimum atomic E-state index is 0.108. The fraction of sp³-hybridized carbons (Fsp3) is 0.500. The normalized spacial score (nSPS) is 15.2. The number of piperazine rings is 1. The highest BCUT2D eigenvalue weighted by atomic mass is 32.1. The summed E-state index contributed by atoms with van der Waals surface area (Å²) in [5.74, 6) is 0.108. The molecule has 114 valence electrons. The van der Waals surface area contributed by atoms with Crippen molar-refractivity contribution < 1.29 is 4.79 Å². The van der Waals surface area contributed by atoms with E-state index in [9.17, 15) is 4.79 Å². The molecule has 4 nitrogen and oxygen atoms in total. The number of carbonyl (C=O) groups is 1. The molecule has 1 heterocycles. The number of carbonyl (C=O) groups excluding carboxylic acids is 1. The van der Waals surface area contributed by atoms with Crippen molar-refractivity contribution in [1.29, 1.82) is 0 Å². The Hall–Kier alpha value is -1.62. The molecule has 0 aromatic heterocycles. The third-order valence-corrected chi connectivity index (χ3v) is 3.99. The second-order valence-electron chi connectivity index (χ2n) is 5.68. The van der Waals surface area contributed by atoms with Gasteiger partial charge in [-0.2, -0.15) is 0 Å². The van der Waals surface area contributed by atoms with E-state index in [0.717, 1.165) is 36.9 Å². The van der Waals surface area contributed by atoms with Crippen molar-refractivity contribution in [3.63, 3.8) is 0 Å². The quantitative estimate of drug-likeness (QED) is 0.685. The Labute approximate surface area is 132 Å². The molecule has 0 radical (unpaired) electrons. The van der Waals surface area contributed by atoms with Crippen molar-refractivity contribution >= 4 is 28.8 Å². The number of hydrogen-bond donors (Lipinski definition) is 1. The van der Waals surface area contributed by atoms with E-state index in [4.69, 9.17) is 12.2 Å². The van der Waals surface area contributed by atoms with Gasteiger partial charge in [0.2, 0.25) is 0 Å². The second kappa shape index (κ2) is 6.89. The zero-order chi connectivity index (χ0) is 15.4. The van der Waals surface area contributed by atoms with E-state index in [1.165, 1.54) is 5.69 Å². The zero-order valence-electron chi connectivity index (χ0n) is 12.9. The molecule has 1 fully saturated rings. The Morgan fingerprint density at radius 2 is 1.71 bits per heavy atom. The van der Waals surface area contributed by atoms with Crippen LogP contribution in [0.5, 0.6) is 0 Å². The highest BCUT2D eigenvalue weighted by Gasteiger charge is 2.19. The highest BCUT2D eigenvalue weighted by Crippen LogP contribution is 2.17. The fourth-order valence-electron chi connectivity index (χ4n) is 2.41. The Morgan fingerprint density at radius 1 is 1.14 bits per heavy atom. The third-order valence-electron chi connectivity index (χ3n) is 3.62. The Morgan fingerprint density at radius 3 is 2.19 bits per heavy atom. The van der Waals surface area contributed by atoms with E-state index in [2.05, 4.69) is 29.0 Å². The molecule has 1 aromatic carbocycles. The number of benzene rings is 1. The maximum absolute atomic E-state index is 11.3. The number of rotatable bonds is 3. The predicted octanol–water partition coefficient (Wildman–Crippen LogP) is 2.29. The molecular weight excluding hydrogens is 282 g/mol. The van der Waals surface area contributed by atoms with E-state index in [-0.39, 0.29) is 5.78 Å². The lowest BCUT2D eigenvalue weighted by molar-refractivity contribution is 0.101. The zero-order valence-corrected chi connectivity index (χ0v) is 13.7. The topological polar surface area (TPSA) is 35.6 Å². The average Bonchev–Trinajstić information content (AvgIpc) is 2.47. The predicted molar refractivity (Wildman–Crippen MR) is 91.1 cm³/mol. The van der Waals surface area contributed by atoms with Crippen molar-refractivity contribution in [2.24, 2.45) is 0 Å². The second-order valence-corrected chi connectivity index (χ2v) is 6.07. The lowest BCUT2D eigenvalue weighted by Gasteiger charge is -2.37. The molecule has 5 heteroatoms. The summed E-state index contributed by atoms with van der Waals surface area (Å²) in [4.78, 5) is 15.8. The first-order chi connectivity index (χ1) is 9.97. The van der Waals surface area contributed by atoms with Gasteiger partial charge >= 0.3 is 0 Å². The summed E-state index contributed by atoms with van der Waals surface area (Å²) in [6.07, 6.45) is 0. The van der Waals surface area contributed by atoms with Gasteiger partial charge in [-0.25, -0.2) is 0 Å². The minimum Gasteiger partial charge on any atom is -0.368 e. The summed E-state index contributed by atoms with van der Waals surface area (Å²) in [7, 11) is 0. The van der Waals surface area contributed by atoms with Gasteiger partial charge in [-0.05, 0) is 57.3 Å². The molecular formula is C16H23N3OS. The number of Topliss-reactive ketones (excluding diaryl/α,β-unsaturated/α-hetero) is 1. The summed E-state index contributed by atoms with van der Waals surface area (Å²) in [6.45, 7) is 9.52. The summed E-state index contributed by atoms with van der Waals surface area (Å²) in [5.41, 5.74) is 1.93. The van der Waals surface area contributed by atoms with Gasteiger partial charge < -0.3 is 15.1 Å². The molecule has 1 aromatic rings. The van der Waals surface area contributed by atoms with Gasteiger partial charge in [0.25, 0.3) is 0 Å². The van der Waals surface area contributed by atoms with Crippen LogP contribution in [0.25, 0.3) is 0 Å². The smallest absolute Gasteiger partial charge is 0.169 e. The minimum absolute atomic E-state index is 0.108. The molecule has 1 aliphatic rings. The Kier molecular flexibility index (Phi) is 5.17. The van der Waals surface area contributed by atoms with Crippen LogP contribution in [0.4, 0.5) is 5.69 Å². The van der Waals surface area contributed by atoms with Crippen molar-refractivity contribution in [3.8, 4) is 0 Å². The van der Waals surface area contributed by atoms with Crippen LogP contribution in [-0.2, 0) is 0 Å². The van der Waals surface area contributed by atoms with Gasteiger partial charge in [-0.3, -0.25) is 4.79 Å². The third kappa shape index (κ3) is 4.17. The number of nitrogens with zero attached hydrogens (tertiary/aromatic N) is 2. The molecule has 21 heavy (non-hydrogen) atoms. The highest BCUT2D eigenvalue weighted by molar-refractivity contribution is 7.80. The van der Waals surface area contributed by atoms with Crippen LogP contribution in [-0.4, -0.2) is 48.0 Å². The molecule has 0 aliphatic carbocycles. The molecule has 0 unspecified atom stereocenters. The largest absolute Gasteiger partial charge is 0.368 e. The number of hydrogen-bond acceptors (Lipinski definition) is 3. The van der Waals surface area contributed by atoms with Gasteiger partial charge in [-0.1, -0.05) is 0 Å². The molecule has 1 N–H and O–H groups in total. The summed E-state index contributed by atoms with van der Waals surface area (Å²) >= 11 is 5.41. The van der Waals surface area contributed by atoms with Crippen LogP contribution in [0, 0.1) is 0 Å². The van der Waals surface area contributed by atoms with E-state index in [1.54, 1.807) is 6.92 Å². The van der Waals surface area contributed by atoms with Crippen LogP contribution in [0.15, 0.2) is 24.3 Å². The lowest BCUT2D eigenvalue weighted by Crippen LogP contribution is -2.52. The maximum Gasteiger partial charge on any atom is 0.169 e. The molecule has 2 rings (SSSR count).